The number of amides is 1. The zero-order valence-electron chi connectivity index (χ0n) is 54.1. The van der Waals surface area contributed by atoms with Crippen molar-refractivity contribution in [1.29, 1.82) is 0 Å². The molecule has 0 heterocycles. The Kier molecular flexibility index (Phi) is 58.4. The maximum Gasteiger partial charge on any atom is 0.306 e. The third-order valence-electron chi connectivity index (χ3n) is 14.1. The Morgan fingerprint density at radius 1 is 0.434 bits per heavy atom. The molecule has 0 fully saturated rings. The van der Waals surface area contributed by atoms with Gasteiger partial charge in [-0.25, -0.2) is 0 Å². The molecule has 1 amide bonds. The van der Waals surface area contributed by atoms with Crippen LogP contribution < -0.4 is 10.2 Å². The summed E-state index contributed by atoms with van der Waals surface area (Å²) in [5, 5.41) is 3.02. The third-order valence-corrected chi connectivity index (χ3v) is 15.0. The van der Waals surface area contributed by atoms with E-state index in [1.54, 1.807) is 0 Å². The van der Waals surface area contributed by atoms with Crippen molar-refractivity contribution in [2.75, 3.05) is 40.9 Å². The highest BCUT2D eigenvalue weighted by Gasteiger charge is 2.27. The zero-order valence-corrected chi connectivity index (χ0v) is 55.0. The molecule has 0 aromatic carbocycles. The summed E-state index contributed by atoms with van der Waals surface area (Å²) < 4.78 is 30.3. The number of allylic oxidation sites excluding steroid dienone is 21. The zero-order chi connectivity index (χ0) is 60.7. The molecule has 1 N–H and O–H groups in total. The summed E-state index contributed by atoms with van der Waals surface area (Å²) >= 11 is 0. The average Bonchev–Trinajstić information content (AvgIpc) is 3.51. The highest BCUT2D eigenvalue weighted by Crippen LogP contribution is 2.38. The smallest absolute Gasteiger partial charge is 0.306 e. The third kappa shape index (κ3) is 62.5. The molecule has 0 saturated heterocycles. The number of likely N-dealkylation sites (N-methyl/N-ethyl adjacent to an activating group) is 1. The van der Waals surface area contributed by atoms with Gasteiger partial charge in [-0.15, -0.1) is 0 Å². The number of nitrogens with zero attached hydrogens (tertiary/aromatic N) is 1. The molecule has 83 heavy (non-hydrogen) atoms. The molecule has 0 aliphatic rings. The summed E-state index contributed by atoms with van der Waals surface area (Å²) in [7, 11) is 1.14. The van der Waals surface area contributed by atoms with Crippen molar-refractivity contribution in [2.24, 2.45) is 0 Å². The molecule has 474 valence electrons. The van der Waals surface area contributed by atoms with Crippen LogP contribution in [0.15, 0.2) is 134 Å². The molecule has 3 unspecified atom stereocenters. The number of hydrogen-bond donors (Lipinski definition) is 1. The van der Waals surface area contributed by atoms with Gasteiger partial charge in [0, 0.05) is 12.8 Å². The number of ether oxygens (including phenoxy) is 1. The van der Waals surface area contributed by atoms with Crippen LogP contribution in [-0.4, -0.2) is 69.4 Å². The number of nitrogens with one attached hydrogen (secondary N) is 1. The molecule has 0 rings (SSSR count). The Morgan fingerprint density at radius 2 is 0.771 bits per heavy atom. The minimum absolute atomic E-state index is 0.0363. The lowest BCUT2D eigenvalue weighted by Crippen LogP contribution is -2.47. The minimum atomic E-state index is -4.72. The van der Waals surface area contributed by atoms with Gasteiger partial charge in [0.25, 0.3) is 7.82 Å². The molecule has 0 spiro atoms. The van der Waals surface area contributed by atoms with Gasteiger partial charge in [-0.05, 0) is 128 Å². The van der Waals surface area contributed by atoms with E-state index in [4.69, 9.17) is 13.8 Å². The van der Waals surface area contributed by atoms with Crippen LogP contribution in [0.25, 0.3) is 0 Å². The number of esters is 1. The first kappa shape index (κ1) is 79.2. The molecule has 0 aliphatic heterocycles. The molecule has 0 radical (unpaired) electrons. The second-order valence-corrected chi connectivity index (χ2v) is 24.6. The van der Waals surface area contributed by atoms with E-state index in [1.165, 1.54) is 70.6 Å². The first-order chi connectivity index (χ1) is 40.4. The van der Waals surface area contributed by atoms with Crippen molar-refractivity contribution >= 4 is 19.7 Å². The number of unbranched alkanes of at least 4 members (excludes halogenated alkanes) is 23. The van der Waals surface area contributed by atoms with E-state index in [9.17, 15) is 19.0 Å². The maximum absolute atomic E-state index is 13.6. The Morgan fingerprint density at radius 3 is 1.18 bits per heavy atom. The predicted molar refractivity (Wildman–Crippen MR) is 357 cm³/mol. The van der Waals surface area contributed by atoms with Crippen molar-refractivity contribution in [3.8, 4) is 0 Å². The minimum Gasteiger partial charge on any atom is -0.756 e. The average molecular weight is 1170 g/mol. The van der Waals surface area contributed by atoms with E-state index in [-0.39, 0.29) is 31.3 Å². The molecule has 0 bridgehead atoms. The van der Waals surface area contributed by atoms with Crippen molar-refractivity contribution < 1.29 is 37.3 Å². The molecule has 0 aromatic rings. The number of hydrogen-bond acceptors (Lipinski definition) is 7. The second kappa shape index (κ2) is 61.2. The van der Waals surface area contributed by atoms with Crippen LogP contribution in [0.5, 0.6) is 0 Å². The van der Waals surface area contributed by atoms with Crippen LogP contribution in [-0.2, 0) is 27.9 Å². The van der Waals surface area contributed by atoms with Gasteiger partial charge in [0.1, 0.15) is 19.3 Å². The summed E-state index contributed by atoms with van der Waals surface area (Å²) in [6, 6.07) is -0.915. The van der Waals surface area contributed by atoms with Gasteiger partial charge in [0.2, 0.25) is 5.91 Å². The molecule has 9 nitrogen and oxygen atoms in total. The normalized spacial score (nSPS) is 14.4. The fourth-order valence-electron chi connectivity index (χ4n) is 8.92. The van der Waals surface area contributed by atoms with Crippen molar-refractivity contribution in [2.45, 2.75) is 277 Å². The molecule has 3 atom stereocenters. The Labute approximate surface area is 511 Å². The quantitative estimate of drug-likeness (QED) is 0.0212. The molecular formula is C73H125N2O7P. The monoisotopic (exact) mass is 1170 g/mol. The van der Waals surface area contributed by atoms with Gasteiger partial charge in [-0.1, -0.05) is 258 Å². The second-order valence-electron chi connectivity index (χ2n) is 23.2. The summed E-state index contributed by atoms with van der Waals surface area (Å²) in [6.45, 7) is 6.66. The Hall–Kier alpha value is -3.85. The molecule has 0 aliphatic carbocycles. The van der Waals surface area contributed by atoms with E-state index < -0.39 is 26.6 Å². The van der Waals surface area contributed by atoms with Gasteiger partial charge >= 0.3 is 5.97 Å². The van der Waals surface area contributed by atoms with Crippen molar-refractivity contribution in [3.63, 3.8) is 0 Å². The first-order valence-corrected chi connectivity index (χ1v) is 35.0. The number of carbonyl (C=O) groups excluding carboxylic acids is 2. The van der Waals surface area contributed by atoms with Crippen LogP contribution in [0.1, 0.15) is 265 Å². The van der Waals surface area contributed by atoms with Crippen LogP contribution >= 0.6 is 7.82 Å². The van der Waals surface area contributed by atoms with Crippen LogP contribution in [0.2, 0.25) is 0 Å². The molecular weight excluding hydrogens is 1050 g/mol. The number of phosphoric acid groups is 1. The SMILES string of the molecule is CC/C=C\C/C=C\C/C=C\C/C=C\C/C=C\C/C=C\CCCCCCCCC(=O)NC(COP(=O)([O-])OCC[N+](C)(C)C)C(/C=C\CCCCCCCCCCC)OC(=O)CCCCCCC/C=C\C/C=C\C/C=C\C/C=C\CCCCC. The Bertz CT molecular complexity index is 1880. The van der Waals surface area contributed by atoms with E-state index in [0.717, 1.165) is 148 Å². The van der Waals surface area contributed by atoms with Crippen molar-refractivity contribution in [3.05, 3.63) is 134 Å². The van der Waals surface area contributed by atoms with E-state index >= 15 is 0 Å². The molecule has 10 heteroatoms. The number of quaternary nitrogens is 1. The standard InChI is InChI=1S/C73H125N2O7P/c1-7-10-13-16-19-22-25-27-29-31-33-35-36-37-38-40-41-43-45-47-50-53-56-59-62-65-72(76)74-70(69-81-83(78,79)80-68-67-75(4,5)6)71(64-61-58-55-52-49-24-21-18-15-12-9-3)82-73(77)66-63-60-57-54-51-48-46-44-42-39-34-32-30-28-26-23-20-17-14-11-8-2/h10,13,19-20,22-23,27-30,33-35,37-39,41,43-44,46,61,64,70-71H,7-9,11-12,14-18,21,24-26,31-32,36,40,42,45,47-60,62-63,65-69H2,1-6H3,(H-,74,76,78,79)/b13-10-,22-19-,23-20-,29-27-,30-28-,35-33-,38-37-,39-34-,43-41-,46-44-,64-61-. The molecule has 0 saturated carbocycles. The van der Waals surface area contributed by atoms with Gasteiger partial charge in [0.15, 0.2) is 0 Å². The Balaban J connectivity index is 5.20. The van der Waals surface area contributed by atoms with Crippen LogP contribution in [0.4, 0.5) is 0 Å². The largest absolute Gasteiger partial charge is 0.756 e. The lowest BCUT2D eigenvalue weighted by atomic mass is 10.1. The van der Waals surface area contributed by atoms with Gasteiger partial charge < -0.3 is 28.5 Å². The topological polar surface area (TPSA) is 114 Å². The van der Waals surface area contributed by atoms with E-state index in [1.807, 2.05) is 33.3 Å². The summed E-state index contributed by atoms with van der Waals surface area (Å²) in [4.78, 5) is 40.1. The van der Waals surface area contributed by atoms with Crippen LogP contribution in [0.3, 0.4) is 0 Å². The predicted octanol–water partition coefficient (Wildman–Crippen LogP) is 20.6. The highest BCUT2D eigenvalue weighted by molar-refractivity contribution is 7.45. The summed E-state index contributed by atoms with van der Waals surface area (Å²) in [5.74, 6) is -0.587. The fraction of sp³-hybridized carbons (Fsp3) is 0.671. The molecule has 0 aromatic heterocycles. The summed E-state index contributed by atoms with van der Waals surface area (Å²) in [6.07, 6.45) is 87.1. The van der Waals surface area contributed by atoms with Gasteiger partial charge in [-0.3, -0.25) is 14.2 Å². The van der Waals surface area contributed by atoms with E-state index in [2.05, 4.69) is 148 Å². The fourth-order valence-corrected chi connectivity index (χ4v) is 9.64. The number of carbonyl (C=O) groups is 2. The van der Waals surface area contributed by atoms with Crippen molar-refractivity contribution in [1.82, 2.24) is 5.32 Å². The first-order valence-electron chi connectivity index (χ1n) is 33.5. The number of rotatable bonds is 59. The van der Waals surface area contributed by atoms with Gasteiger partial charge in [0.05, 0.1) is 33.8 Å². The lowest BCUT2D eigenvalue weighted by molar-refractivity contribution is -0.870. The number of phosphoric ester groups is 1. The summed E-state index contributed by atoms with van der Waals surface area (Å²) in [5.41, 5.74) is 0. The lowest BCUT2D eigenvalue weighted by Gasteiger charge is -2.30. The highest BCUT2D eigenvalue weighted by atomic mass is 31.2. The van der Waals surface area contributed by atoms with Gasteiger partial charge in [-0.2, -0.15) is 0 Å². The van der Waals surface area contributed by atoms with E-state index in [0.29, 0.717) is 23.9 Å². The van der Waals surface area contributed by atoms with Crippen LogP contribution in [0, 0.1) is 0 Å². The maximum atomic E-state index is 13.6.